The zero-order valence-corrected chi connectivity index (χ0v) is 19.4. The lowest BCUT2D eigenvalue weighted by molar-refractivity contribution is -0.136. The summed E-state index contributed by atoms with van der Waals surface area (Å²) in [5.74, 6) is 1.26. The molecular weight excluding hydrogens is 404 g/mol. The summed E-state index contributed by atoms with van der Waals surface area (Å²) in [5.41, 5.74) is 5.44. The molecule has 1 atom stereocenters. The van der Waals surface area contributed by atoms with E-state index >= 15 is 0 Å². The highest BCUT2D eigenvalue weighted by Crippen LogP contribution is 2.35. The molecule has 0 saturated carbocycles. The number of hydrogen-bond acceptors (Lipinski definition) is 4. The van der Waals surface area contributed by atoms with E-state index in [1.807, 2.05) is 62.9 Å². The number of fused-ring (bicyclic) bond motifs is 1. The molecule has 0 aliphatic carbocycles. The van der Waals surface area contributed by atoms with Crippen LogP contribution < -0.4 is 14.4 Å². The Morgan fingerprint density at radius 2 is 1.75 bits per heavy atom. The zero-order valence-electron chi connectivity index (χ0n) is 19.4. The molecule has 4 rings (SSSR count). The molecule has 0 N–H and O–H groups in total. The van der Waals surface area contributed by atoms with Crippen LogP contribution in [0.1, 0.15) is 42.5 Å². The van der Waals surface area contributed by atoms with Crippen LogP contribution in [0.3, 0.4) is 0 Å². The van der Waals surface area contributed by atoms with Gasteiger partial charge in [0.2, 0.25) is 11.8 Å². The molecule has 1 fully saturated rings. The Morgan fingerprint density at radius 1 is 1.06 bits per heavy atom. The lowest BCUT2D eigenvalue weighted by atomic mass is 9.97. The summed E-state index contributed by atoms with van der Waals surface area (Å²) in [7, 11) is 0. The highest BCUT2D eigenvalue weighted by Gasteiger charge is 2.38. The fourth-order valence-corrected chi connectivity index (χ4v) is 4.68. The summed E-state index contributed by atoms with van der Waals surface area (Å²) in [4.78, 5) is 29.8. The topological polar surface area (TPSA) is 59.1 Å². The highest BCUT2D eigenvalue weighted by molar-refractivity contribution is 6.01. The van der Waals surface area contributed by atoms with Gasteiger partial charge >= 0.3 is 0 Å². The lowest BCUT2D eigenvalue weighted by Gasteiger charge is -2.31. The second-order valence-electron chi connectivity index (χ2n) is 8.57. The second-order valence-corrected chi connectivity index (χ2v) is 8.57. The summed E-state index contributed by atoms with van der Waals surface area (Å²) in [5, 5.41) is 0. The van der Waals surface area contributed by atoms with Gasteiger partial charge in [0.25, 0.3) is 0 Å². The Kier molecular flexibility index (Phi) is 6.40. The molecule has 0 bridgehead atoms. The van der Waals surface area contributed by atoms with Gasteiger partial charge in [0.15, 0.2) is 11.5 Å². The summed E-state index contributed by atoms with van der Waals surface area (Å²) < 4.78 is 11.5. The largest absolute Gasteiger partial charge is 0.490 e. The van der Waals surface area contributed by atoms with Crippen LogP contribution in [0.2, 0.25) is 0 Å². The summed E-state index contributed by atoms with van der Waals surface area (Å²) >= 11 is 0. The molecule has 0 spiro atoms. The van der Waals surface area contributed by atoms with Gasteiger partial charge in [0, 0.05) is 31.7 Å². The molecule has 2 aliphatic rings. The molecule has 6 nitrogen and oxygen atoms in total. The molecule has 0 unspecified atom stereocenters. The van der Waals surface area contributed by atoms with E-state index in [0.29, 0.717) is 32.8 Å². The number of ether oxygens (including phenoxy) is 2. The van der Waals surface area contributed by atoms with Crippen molar-refractivity contribution >= 4 is 17.5 Å². The van der Waals surface area contributed by atoms with Crippen molar-refractivity contribution in [1.82, 2.24) is 4.90 Å². The number of carbonyl (C=O) groups is 2. The number of amides is 2. The quantitative estimate of drug-likeness (QED) is 0.686. The number of benzene rings is 2. The van der Waals surface area contributed by atoms with Crippen LogP contribution in [0.25, 0.3) is 0 Å². The van der Waals surface area contributed by atoms with Gasteiger partial charge in [-0.25, -0.2) is 0 Å². The zero-order chi connectivity index (χ0) is 22.8. The van der Waals surface area contributed by atoms with Gasteiger partial charge < -0.3 is 19.3 Å². The Labute approximate surface area is 190 Å². The van der Waals surface area contributed by atoms with Crippen LogP contribution in [-0.4, -0.2) is 43.0 Å². The van der Waals surface area contributed by atoms with Gasteiger partial charge in [0.1, 0.15) is 0 Å². The monoisotopic (exact) mass is 436 g/mol. The van der Waals surface area contributed by atoms with Gasteiger partial charge in [-0.15, -0.1) is 0 Å². The third-order valence-electron chi connectivity index (χ3n) is 6.53. The van der Waals surface area contributed by atoms with Crippen molar-refractivity contribution in [3.05, 3.63) is 52.6 Å². The first-order chi connectivity index (χ1) is 15.4. The molecule has 0 aromatic heterocycles. The van der Waals surface area contributed by atoms with Crippen LogP contribution in [0.15, 0.2) is 30.3 Å². The maximum Gasteiger partial charge on any atom is 0.228 e. The normalized spacial score (nSPS) is 18.0. The number of nitrogens with zero attached hydrogens (tertiary/aromatic N) is 2. The van der Waals surface area contributed by atoms with Crippen molar-refractivity contribution in [3.63, 3.8) is 0 Å². The van der Waals surface area contributed by atoms with Gasteiger partial charge in [0.05, 0.1) is 19.1 Å². The van der Waals surface area contributed by atoms with E-state index in [1.165, 1.54) is 5.56 Å². The predicted octanol–water partition coefficient (Wildman–Crippen LogP) is 4.04. The summed E-state index contributed by atoms with van der Waals surface area (Å²) in [6.45, 7) is 10.7. The van der Waals surface area contributed by atoms with E-state index in [-0.39, 0.29) is 24.2 Å². The number of carbonyl (C=O) groups excluding carboxylic acids is 2. The SMILES string of the molecule is CCOc1cc2c(cc1OCC)CN(C(=O)[C@@H]1CC(=O)N(c3cccc(C)c3C)C1)CC2. The van der Waals surface area contributed by atoms with Gasteiger partial charge in [-0.3, -0.25) is 9.59 Å². The van der Waals surface area contributed by atoms with E-state index in [4.69, 9.17) is 9.47 Å². The highest BCUT2D eigenvalue weighted by atomic mass is 16.5. The minimum Gasteiger partial charge on any atom is -0.490 e. The molecule has 1 saturated heterocycles. The first-order valence-electron chi connectivity index (χ1n) is 11.5. The van der Waals surface area contributed by atoms with Gasteiger partial charge in [-0.05, 0) is 74.6 Å². The van der Waals surface area contributed by atoms with Crippen molar-refractivity contribution in [2.45, 2.75) is 47.1 Å². The number of rotatable bonds is 6. The second kappa shape index (κ2) is 9.23. The molecule has 6 heteroatoms. The van der Waals surface area contributed by atoms with Crippen molar-refractivity contribution < 1.29 is 19.1 Å². The number of hydrogen-bond donors (Lipinski definition) is 0. The van der Waals surface area contributed by atoms with Crippen LogP contribution in [0.5, 0.6) is 11.5 Å². The number of aryl methyl sites for hydroxylation is 1. The molecule has 2 aliphatic heterocycles. The van der Waals surface area contributed by atoms with E-state index < -0.39 is 0 Å². The molecule has 32 heavy (non-hydrogen) atoms. The molecular formula is C26H32N2O4. The van der Waals surface area contributed by atoms with Crippen LogP contribution in [-0.2, 0) is 22.6 Å². The van der Waals surface area contributed by atoms with E-state index in [1.54, 1.807) is 4.90 Å². The lowest BCUT2D eigenvalue weighted by Crippen LogP contribution is -2.40. The minimum atomic E-state index is -0.307. The molecule has 0 radical (unpaired) electrons. The molecule has 2 heterocycles. The number of anilines is 1. The van der Waals surface area contributed by atoms with Crippen molar-refractivity contribution in [2.75, 3.05) is 31.2 Å². The standard InChI is InChI=1S/C26H32N2O4/c1-5-31-23-12-19-10-11-27(15-20(19)13-24(23)32-6-2)26(30)21-14-25(29)28(16-21)22-9-7-8-17(3)18(22)4/h7-9,12-13,21H,5-6,10-11,14-16H2,1-4H3/t21-/m1/s1. The average molecular weight is 437 g/mol. The van der Waals surface area contributed by atoms with E-state index in [9.17, 15) is 9.59 Å². The Hall–Kier alpha value is -3.02. The van der Waals surface area contributed by atoms with E-state index in [2.05, 4.69) is 0 Å². The first-order valence-corrected chi connectivity index (χ1v) is 11.5. The fraction of sp³-hybridized carbons (Fsp3) is 0.462. The van der Waals surface area contributed by atoms with Gasteiger partial charge in [-0.2, -0.15) is 0 Å². The van der Waals surface area contributed by atoms with Crippen LogP contribution in [0.4, 0.5) is 5.69 Å². The van der Waals surface area contributed by atoms with Crippen molar-refractivity contribution in [3.8, 4) is 11.5 Å². The van der Waals surface area contributed by atoms with E-state index in [0.717, 1.165) is 40.3 Å². The molecule has 2 amide bonds. The Balaban J connectivity index is 1.50. The minimum absolute atomic E-state index is 0.0226. The van der Waals surface area contributed by atoms with Crippen LogP contribution >= 0.6 is 0 Å². The molecule has 2 aromatic carbocycles. The Morgan fingerprint density at radius 3 is 2.44 bits per heavy atom. The van der Waals surface area contributed by atoms with Crippen LogP contribution in [0, 0.1) is 19.8 Å². The maximum atomic E-state index is 13.4. The van der Waals surface area contributed by atoms with Gasteiger partial charge in [-0.1, -0.05) is 12.1 Å². The maximum absolute atomic E-state index is 13.4. The van der Waals surface area contributed by atoms with Crippen molar-refractivity contribution in [1.29, 1.82) is 0 Å². The third-order valence-corrected chi connectivity index (χ3v) is 6.53. The third kappa shape index (κ3) is 4.18. The summed E-state index contributed by atoms with van der Waals surface area (Å²) in [6, 6.07) is 10.0. The fourth-order valence-electron chi connectivity index (χ4n) is 4.68. The molecule has 170 valence electrons. The summed E-state index contributed by atoms with van der Waals surface area (Å²) in [6.07, 6.45) is 1.04. The molecule has 2 aromatic rings. The predicted molar refractivity (Wildman–Crippen MR) is 124 cm³/mol. The Bertz CT molecular complexity index is 1030. The van der Waals surface area contributed by atoms with Crippen molar-refractivity contribution in [2.24, 2.45) is 5.92 Å². The smallest absolute Gasteiger partial charge is 0.228 e. The average Bonchev–Trinajstić information content (AvgIpc) is 3.17. The first kappa shape index (κ1) is 22.2.